The van der Waals surface area contributed by atoms with Gasteiger partial charge in [-0.2, -0.15) is 5.10 Å². The van der Waals surface area contributed by atoms with Crippen molar-refractivity contribution in [3.63, 3.8) is 0 Å². The molecule has 0 saturated carbocycles. The Hall–Kier alpha value is -1.66. The Balaban J connectivity index is 2.68. The number of halogens is 1. The first-order valence-electron chi connectivity index (χ1n) is 6.32. The van der Waals surface area contributed by atoms with Gasteiger partial charge in [0.15, 0.2) is 5.82 Å². The van der Waals surface area contributed by atoms with Gasteiger partial charge in [-0.25, -0.2) is 20.5 Å². The van der Waals surface area contributed by atoms with Gasteiger partial charge in [-0.3, -0.25) is 0 Å². The van der Waals surface area contributed by atoms with Crippen LogP contribution in [0.1, 0.15) is 37.9 Å². The number of nitrogens with two attached hydrogens (primary N) is 1. The number of nitrogen functional groups attached to an aromatic ring is 1. The molecule has 2 aromatic rings. The molecule has 0 radical (unpaired) electrons. The summed E-state index contributed by atoms with van der Waals surface area (Å²) in [6.07, 6.45) is 1.74. The Morgan fingerprint density at radius 2 is 1.90 bits per heavy atom. The molecule has 0 bridgehead atoms. The van der Waals surface area contributed by atoms with E-state index >= 15 is 0 Å². The first-order valence-corrected chi connectivity index (χ1v) is 6.69. The molecule has 0 amide bonds. The highest BCUT2D eigenvalue weighted by atomic mass is 35.5. The normalized spacial score (nSPS) is 11.8. The fourth-order valence-corrected chi connectivity index (χ4v) is 1.88. The Labute approximate surface area is 123 Å². The minimum atomic E-state index is -0.194. The Bertz CT molecular complexity index is 622. The van der Waals surface area contributed by atoms with Gasteiger partial charge in [-0.15, -0.1) is 0 Å². The summed E-state index contributed by atoms with van der Waals surface area (Å²) in [6, 6.07) is 0. The second-order valence-electron chi connectivity index (χ2n) is 5.75. The molecule has 0 fully saturated rings. The first-order chi connectivity index (χ1) is 9.24. The van der Waals surface area contributed by atoms with Crippen molar-refractivity contribution in [3.05, 3.63) is 28.3 Å². The summed E-state index contributed by atoms with van der Waals surface area (Å²) in [5.74, 6) is 7.50. The molecule has 0 aromatic carbocycles. The number of rotatable bonds is 2. The zero-order valence-electron chi connectivity index (χ0n) is 12.3. The van der Waals surface area contributed by atoms with Crippen LogP contribution in [0.25, 0.3) is 5.82 Å². The maximum atomic E-state index is 6.07. The molecule has 3 N–H and O–H groups in total. The number of hydrogen-bond donors (Lipinski definition) is 2. The van der Waals surface area contributed by atoms with Gasteiger partial charge in [0.05, 0.1) is 16.9 Å². The number of nitrogens with one attached hydrogen (secondary N) is 1. The van der Waals surface area contributed by atoms with Crippen molar-refractivity contribution < 1.29 is 0 Å². The quantitative estimate of drug-likeness (QED) is 0.657. The lowest BCUT2D eigenvalue weighted by Crippen LogP contribution is -2.22. The molecule has 0 aliphatic rings. The molecule has 0 saturated heterocycles. The van der Waals surface area contributed by atoms with Crippen molar-refractivity contribution in [3.8, 4) is 5.82 Å². The zero-order valence-corrected chi connectivity index (χ0v) is 13.1. The van der Waals surface area contributed by atoms with Gasteiger partial charge in [0.1, 0.15) is 11.6 Å². The summed E-state index contributed by atoms with van der Waals surface area (Å²) in [5.41, 5.74) is 3.99. The van der Waals surface area contributed by atoms with Gasteiger partial charge in [-0.1, -0.05) is 32.4 Å². The van der Waals surface area contributed by atoms with Crippen molar-refractivity contribution in [1.29, 1.82) is 0 Å². The molecule has 0 atom stereocenters. The van der Waals surface area contributed by atoms with Gasteiger partial charge in [0.25, 0.3) is 0 Å². The lowest BCUT2D eigenvalue weighted by molar-refractivity contribution is 0.542. The topological polar surface area (TPSA) is 81.7 Å². The van der Waals surface area contributed by atoms with Gasteiger partial charge in [-0.05, 0) is 13.8 Å². The highest BCUT2D eigenvalue weighted by Gasteiger charge is 2.22. The molecule has 0 unspecified atom stereocenters. The van der Waals surface area contributed by atoms with Crippen LogP contribution in [-0.2, 0) is 5.41 Å². The van der Waals surface area contributed by atoms with E-state index in [9.17, 15) is 0 Å². The van der Waals surface area contributed by atoms with E-state index in [-0.39, 0.29) is 5.41 Å². The van der Waals surface area contributed by atoms with Crippen molar-refractivity contribution in [1.82, 2.24) is 19.7 Å². The molecule has 108 valence electrons. The summed E-state index contributed by atoms with van der Waals surface area (Å²) in [4.78, 5) is 9.07. The monoisotopic (exact) mass is 294 g/mol. The minimum absolute atomic E-state index is 0.194. The summed E-state index contributed by atoms with van der Waals surface area (Å²) in [5, 5.41) is 4.97. The average molecular weight is 295 g/mol. The van der Waals surface area contributed by atoms with Crippen molar-refractivity contribution in [2.45, 2.75) is 40.0 Å². The lowest BCUT2D eigenvalue weighted by Gasteiger charge is -2.20. The number of hydrazine groups is 1. The smallest absolute Gasteiger partial charge is 0.162 e. The van der Waals surface area contributed by atoms with E-state index in [4.69, 9.17) is 17.4 Å². The van der Waals surface area contributed by atoms with Gasteiger partial charge in [0, 0.05) is 11.0 Å². The fraction of sp³-hybridized carbons (Fsp3) is 0.462. The van der Waals surface area contributed by atoms with Crippen LogP contribution in [0, 0.1) is 13.8 Å². The molecule has 0 aliphatic carbocycles. The molecule has 2 rings (SSSR count). The van der Waals surface area contributed by atoms with Gasteiger partial charge >= 0.3 is 0 Å². The van der Waals surface area contributed by atoms with E-state index in [2.05, 4.69) is 20.5 Å². The van der Waals surface area contributed by atoms with E-state index < -0.39 is 0 Å². The van der Waals surface area contributed by atoms with Gasteiger partial charge in [0.2, 0.25) is 0 Å². The number of hydrogen-bond acceptors (Lipinski definition) is 5. The lowest BCUT2D eigenvalue weighted by atomic mass is 9.95. The third kappa shape index (κ3) is 2.62. The van der Waals surface area contributed by atoms with E-state index in [1.807, 2.05) is 34.6 Å². The highest BCUT2D eigenvalue weighted by Crippen LogP contribution is 2.26. The Kier molecular flexibility index (Phi) is 3.71. The van der Waals surface area contributed by atoms with Crippen LogP contribution in [0.15, 0.2) is 6.20 Å². The minimum Gasteiger partial charge on any atom is -0.308 e. The number of aryl methyl sites for hydroxylation is 1. The fourth-order valence-electron chi connectivity index (χ4n) is 1.75. The largest absolute Gasteiger partial charge is 0.308 e. The van der Waals surface area contributed by atoms with Crippen LogP contribution in [0.4, 0.5) is 5.82 Å². The summed E-state index contributed by atoms with van der Waals surface area (Å²) in [6.45, 7) is 9.87. The molecule has 0 aliphatic heterocycles. The van der Waals surface area contributed by atoms with Crippen LogP contribution in [-0.4, -0.2) is 19.7 Å². The number of nitrogens with zero attached hydrogens (tertiary/aromatic N) is 4. The summed E-state index contributed by atoms with van der Waals surface area (Å²) in [7, 11) is 0. The van der Waals surface area contributed by atoms with Crippen molar-refractivity contribution >= 4 is 17.4 Å². The van der Waals surface area contributed by atoms with Crippen molar-refractivity contribution in [2.24, 2.45) is 5.84 Å². The molecule has 2 heterocycles. The second-order valence-corrected chi connectivity index (χ2v) is 6.15. The van der Waals surface area contributed by atoms with Crippen molar-refractivity contribution in [2.75, 3.05) is 5.43 Å². The number of aromatic nitrogens is 4. The Morgan fingerprint density at radius 3 is 2.35 bits per heavy atom. The van der Waals surface area contributed by atoms with Gasteiger partial charge < -0.3 is 5.43 Å². The average Bonchev–Trinajstić information content (AvgIpc) is 2.68. The first kappa shape index (κ1) is 14.7. The predicted octanol–water partition coefficient (Wildman–Crippen LogP) is 2.52. The predicted molar refractivity (Wildman–Crippen MR) is 80.1 cm³/mol. The molecular weight excluding hydrogens is 276 g/mol. The van der Waals surface area contributed by atoms with Crippen LogP contribution in [0.2, 0.25) is 5.02 Å². The summed E-state index contributed by atoms with van der Waals surface area (Å²) >= 11 is 6.07. The molecule has 6 nitrogen and oxygen atoms in total. The van der Waals surface area contributed by atoms with E-state index in [1.165, 1.54) is 0 Å². The zero-order chi connectivity index (χ0) is 15.1. The maximum absolute atomic E-state index is 6.07. The molecular formula is C13H19ClN6. The molecule has 20 heavy (non-hydrogen) atoms. The molecule has 7 heteroatoms. The summed E-state index contributed by atoms with van der Waals surface area (Å²) < 4.78 is 1.66. The van der Waals surface area contributed by atoms with Crippen LogP contribution < -0.4 is 11.3 Å². The SMILES string of the molecule is Cc1nn(-c2nc(C(C)(C)C)nc(NN)c2C)cc1Cl. The molecule has 2 aromatic heterocycles. The third-order valence-corrected chi connectivity index (χ3v) is 3.35. The maximum Gasteiger partial charge on any atom is 0.162 e. The Morgan fingerprint density at radius 1 is 1.25 bits per heavy atom. The second kappa shape index (κ2) is 5.03. The number of anilines is 1. The third-order valence-electron chi connectivity index (χ3n) is 2.98. The highest BCUT2D eigenvalue weighted by molar-refractivity contribution is 6.31. The van der Waals surface area contributed by atoms with Crippen LogP contribution in [0.5, 0.6) is 0 Å². The molecule has 0 spiro atoms. The van der Waals surface area contributed by atoms with E-state index in [0.717, 1.165) is 11.3 Å². The standard InChI is InChI=1S/C13H19ClN6/c1-7-10(18-15)16-12(13(3,4)5)17-11(7)20-6-9(14)8(2)19-20/h6H,15H2,1-5H3,(H,16,17,18). The van der Waals surface area contributed by atoms with Crippen LogP contribution >= 0.6 is 11.6 Å². The van der Waals surface area contributed by atoms with Crippen LogP contribution in [0.3, 0.4) is 0 Å². The van der Waals surface area contributed by atoms with E-state index in [1.54, 1.807) is 10.9 Å². The van der Waals surface area contributed by atoms with E-state index in [0.29, 0.717) is 22.5 Å².